The summed E-state index contributed by atoms with van der Waals surface area (Å²) in [6, 6.07) is 18.9. The summed E-state index contributed by atoms with van der Waals surface area (Å²) < 4.78 is 5.45. The van der Waals surface area contributed by atoms with E-state index in [-0.39, 0.29) is 16.7 Å². The smallest absolute Gasteiger partial charge is 0.226 e. The quantitative estimate of drug-likeness (QED) is 0.811. The molecule has 1 N–H and O–H groups in total. The third-order valence-corrected chi connectivity index (χ3v) is 7.56. The average molecular weight is 376 g/mol. The van der Waals surface area contributed by atoms with Gasteiger partial charge in [0, 0.05) is 12.1 Å². The summed E-state index contributed by atoms with van der Waals surface area (Å²) in [6.45, 7) is 0.540. The van der Waals surface area contributed by atoms with Gasteiger partial charge in [-0.2, -0.15) is 0 Å². The Balaban J connectivity index is 1.39. The first kappa shape index (κ1) is 17.8. The number of carbonyl (C=O) groups excluding carboxylic acids is 1. The van der Waals surface area contributed by atoms with E-state index >= 15 is 0 Å². The molecule has 4 atom stereocenters. The van der Waals surface area contributed by atoms with Gasteiger partial charge < -0.3 is 10.1 Å². The first-order valence-electron chi connectivity index (χ1n) is 10.6. The van der Waals surface area contributed by atoms with Crippen LogP contribution in [0.2, 0.25) is 0 Å². The lowest BCUT2D eigenvalue weighted by Gasteiger charge is -2.61. The molecule has 4 aliphatic carbocycles. The monoisotopic (exact) mass is 375 g/mol. The van der Waals surface area contributed by atoms with Gasteiger partial charge in [0.15, 0.2) is 0 Å². The second-order valence-electron chi connectivity index (χ2n) is 9.38. The Kier molecular flexibility index (Phi) is 4.22. The van der Waals surface area contributed by atoms with Crippen molar-refractivity contribution in [2.75, 3.05) is 7.11 Å². The highest BCUT2D eigenvalue weighted by atomic mass is 16.5. The Bertz CT molecular complexity index is 861. The highest BCUT2D eigenvalue weighted by Gasteiger charge is 2.60. The number of rotatable bonds is 5. The SMILES string of the molecule is COc1ccccc1CNC(=O)C12C[C@H]3C[C@@H](C1)CC(c1ccccc1)(C3)C2. The number of amides is 1. The molecular weight excluding hydrogens is 346 g/mol. The molecule has 0 aromatic heterocycles. The van der Waals surface area contributed by atoms with Gasteiger partial charge in [0.25, 0.3) is 0 Å². The molecule has 4 bridgehead atoms. The molecule has 0 heterocycles. The molecule has 0 aliphatic heterocycles. The molecule has 2 aromatic rings. The molecule has 0 radical (unpaired) electrons. The Hall–Kier alpha value is -2.29. The Morgan fingerprint density at radius 2 is 1.68 bits per heavy atom. The summed E-state index contributed by atoms with van der Waals surface area (Å²) >= 11 is 0. The van der Waals surface area contributed by atoms with Crippen molar-refractivity contribution in [3.05, 3.63) is 65.7 Å². The number of nitrogens with one attached hydrogen (secondary N) is 1. The lowest BCUT2D eigenvalue weighted by Crippen LogP contribution is -2.59. The van der Waals surface area contributed by atoms with Crippen molar-refractivity contribution < 1.29 is 9.53 Å². The van der Waals surface area contributed by atoms with E-state index in [0.717, 1.165) is 30.6 Å². The van der Waals surface area contributed by atoms with Crippen molar-refractivity contribution in [3.8, 4) is 5.75 Å². The lowest BCUT2D eigenvalue weighted by molar-refractivity contribution is -0.149. The van der Waals surface area contributed by atoms with Crippen LogP contribution in [0.4, 0.5) is 0 Å². The van der Waals surface area contributed by atoms with Gasteiger partial charge in [0.05, 0.1) is 12.5 Å². The highest BCUT2D eigenvalue weighted by Crippen LogP contribution is 2.65. The molecule has 6 rings (SSSR count). The zero-order chi connectivity index (χ0) is 19.2. The third-order valence-electron chi connectivity index (χ3n) is 7.56. The molecule has 28 heavy (non-hydrogen) atoms. The van der Waals surface area contributed by atoms with Gasteiger partial charge in [0.2, 0.25) is 5.91 Å². The van der Waals surface area contributed by atoms with E-state index in [1.165, 1.54) is 24.8 Å². The number of hydrogen-bond donors (Lipinski definition) is 1. The molecule has 0 saturated heterocycles. The van der Waals surface area contributed by atoms with Crippen LogP contribution in [0.1, 0.15) is 49.7 Å². The summed E-state index contributed by atoms with van der Waals surface area (Å²) in [4.78, 5) is 13.5. The zero-order valence-electron chi connectivity index (χ0n) is 16.6. The van der Waals surface area contributed by atoms with E-state index in [2.05, 4.69) is 35.6 Å². The minimum atomic E-state index is -0.193. The predicted molar refractivity (Wildman–Crippen MR) is 110 cm³/mol. The number of para-hydroxylation sites is 1. The molecule has 4 aliphatic rings. The first-order chi connectivity index (χ1) is 13.6. The molecule has 0 spiro atoms. The van der Waals surface area contributed by atoms with Crippen molar-refractivity contribution in [2.24, 2.45) is 17.3 Å². The second kappa shape index (κ2) is 6.65. The van der Waals surface area contributed by atoms with E-state index in [9.17, 15) is 4.79 Å². The summed E-state index contributed by atoms with van der Waals surface area (Å²) in [5.74, 6) is 2.49. The van der Waals surface area contributed by atoms with E-state index < -0.39 is 0 Å². The van der Waals surface area contributed by atoms with Crippen LogP contribution in [0.25, 0.3) is 0 Å². The van der Waals surface area contributed by atoms with Gasteiger partial charge in [-0.1, -0.05) is 48.5 Å². The maximum absolute atomic E-state index is 13.5. The van der Waals surface area contributed by atoms with Crippen molar-refractivity contribution in [3.63, 3.8) is 0 Å². The number of ether oxygens (including phenoxy) is 1. The molecule has 3 nitrogen and oxygen atoms in total. The van der Waals surface area contributed by atoms with Gasteiger partial charge in [-0.05, 0) is 67.4 Å². The summed E-state index contributed by atoms with van der Waals surface area (Å²) in [7, 11) is 1.68. The van der Waals surface area contributed by atoms with Crippen LogP contribution < -0.4 is 10.1 Å². The Morgan fingerprint density at radius 3 is 2.39 bits per heavy atom. The molecule has 2 unspecified atom stereocenters. The van der Waals surface area contributed by atoms with Crippen molar-refractivity contribution in [1.29, 1.82) is 0 Å². The molecular formula is C25H29NO2. The summed E-state index contributed by atoms with van der Waals surface area (Å²) in [5, 5.41) is 3.28. The van der Waals surface area contributed by atoms with Gasteiger partial charge in [-0.15, -0.1) is 0 Å². The molecule has 146 valence electrons. The van der Waals surface area contributed by atoms with Crippen molar-refractivity contribution in [1.82, 2.24) is 5.32 Å². The van der Waals surface area contributed by atoms with Crippen LogP contribution in [-0.4, -0.2) is 13.0 Å². The molecule has 3 heteroatoms. The van der Waals surface area contributed by atoms with Crippen molar-refractivity contribution >= 4 is 5.91 Å². The summed E-state index contributed by atoms with van der Waals surface area (Å²) in [6.07, 6.45) is 6.97. The minimum absolute atomic E-state index is 0.193. The van der Waals surface area contributed by atoms with E-state index in [1.807, 2.05) is 24.3 Å². The average Bonchev–Trinajstić information content (AvgIpc) is 2.72. The first-order valence-corrected chi connectivity index (χ1v) is 10.6. The largest absolute Gasteiger partial charge is 0.496 e. The van der Waals surface area contributed by atoms with Crippen molar-refractivity contribution in [2.45, 2.75) is 50.5 Å². The highest BCUT2D eigenvalue weighted by molar-refractivity contribution is 5.83. The molecule has 4 saturated carbocycles. The van der Waals surface area contributed by atoms with Gasteiger partial charge in [-0.3, -0.25) is 4.79 Å². The van der Waals surface area contributed by atoms with Gasteiger partial charge >= 0.3 is 0 Å². The van der Waals surface area contributed by atoms with E-state index in [0.29, 0.717) is 18.4 Å². The normalized spacial score (nSPS) is 32.9. The van der Waals surface area contributed by atoms with Gasteiger partial charge in [0.1, 0.15) is 5.75 Å². The van der Waals surface area contributed by atoms with Crippen LogP contribution in [0.5, 0.6) is 5.75 Å². The fourth-order valence-electron chi connectivity index (χ4n) is 6.87. The summed E-state index contributed by atoms with van der Waals surface area (Å²) in [5.41, 5.74) is 2.50. The fraction of sp³-hybridized carbons (Fsp3) is 0.480. The molecule has 4 fully saturated rings. The Labute approximate surface area is 167 Å². The topological polar surface area (TPSA) is 38.3 Å². The standard InChI is InChI=1S/C25H29NO2/c1-28-22-10-6-5-7-20(22)16-26-23(27)25-14-18-11-19(15-25)13-24(12-18,17-25)21-8-3-2-4-9-21/h2-10,18-19H,11-17H2,1H3,(H,26,27)/t18-,19+,24?,25?. The van der Waals surface area contributed by atoms with Crippen LogP contribution in [-0.2, 0) is 16.8 Å². The number of methoxy groups -OCH3 is 1. The fourth-order valence-corrected chi connectivity index (χ4v) is 6.87. The maximum atomic E-state index is 13.5. The Morgan fingerprint density at radius 1 is 1.00 bits per heavy atom. The second-order valence-corrected chi connectivity index (χ2v) is 9.38. The predicted octanol–water partition coefficient (Wildman–Crippen LogP) is 4.85. The van der Waals surface area contributed by atoms with Crippen LogP contribution in [0.3, 0.4) is 0 Å². The van der Waals surface area contributed by atoms with Crippen LogP contribution in [0, 0.1) is 17.3 Å². The lowest BCUT2D eigenvalue weighted by atomic mass is 9.42. The zero-order valence-corrected chi connectivity index (χ0v) is 16.6. The maximum Gasteiger partial charge on any atom is 0.226 e. The number of hydrogen-bond acceptors (Lipinski definition) is 2. The number of carbonyl (C=O) groups is 1. The van der Waals surface area contributed by atoms with E-state index in [1.54, 1.807) is 7.11 Å². The molecule has 1 amide bonds. The van der Waals surface area contributed by atoms with Crippen LogP contribution >= 0.6 is 0 Å². The number of benzene rings is 2. The van der Waals surface area contributed by atoms with E-state index in [4.69, 9.17) is 4.74 Å². The third kappa shape index (κ3) is 2.83. The van der Waals surface area contributed by atoms with Gasteiger partial charge in [-0.25, -0.2) is 0 Å². The van der Waals surface area contributed by atoms with Crippen LogP contribution in [0.15, 0.2) is 54.6 Å². The minimum Gasteiger partial charge on any atom is -0.496 e. The molecule has 2 aromatic carbocycles.